The molecule has 1 aliphatic rings. The molecular weight excluding hydrogens is 572 g/mol. The molecule has 0 saturated heterocycles. The predicted molar refractivity (Wildman–Crippen MR) is 199 cm³/mol. The van der Waals surface area contributed by atoms with Crippen LogP contribution in [0, 0.1) is 0 Å². The Hall–Kier alpha value is -5.60. The van der Waals surface area contributed by atoms with Gasteiger partial charge in [-0.15, -0.1) is 0 Å². The molecule has 7 aromatic rings. The van der Waals surface area contributed by atoms with Crippen molar-refractivity contribution < 1.29 is 9.15 Å². The molecule has 0 radical (unpaired) electrons. The molecule has 228 valence electrons. The highest BCUT2D eigenvalue weighted by atomic mass is 16.5. The molecule has 0 amide bonds. The number of allylic oxidation sites excluding steroid dienone is 2. The third-order valence-corrected chi connectivity index (χ3v) is 9.72. The minimum Gasteiger partial charge on any atom is -0.485 e. The van der Waals surface area contributed by atoms with E-state index in [1.807, 2.05) is 24.3 Å². The summed E-state index contributed by atoms with van der Waals surface area (Å²) in [5.74, 6) is 1.09. The molecular formula is C45H36O2. The molecule has 47 heavy (non-hydrogen) atoms. The zero-order chi connectivity index (χ0) is 32.1. The molecule has 0 fully saturated rings. The highest BCUT2D eigenvalue weighted by molar-refractivity contribution is 6.08. The Morgan fingerprint density at radius 2 is 1.28 bits per heavy atom. The van der Waals surface area contributed by atoms with Gasteiger partial charge in [0.05, 0.1) is 0 Å². The quantitative estimate of drug-likeness (QED) is 0.181. The highest BCUT2D eigenvalue weighted by Crippen LogP contribution is 2.46. The van der Waals surface area contributed by atoms with Crippen LogP contribution in [-0.2, 0) is 0 Å². The van der Waals surface area contributed by atoms with Gasteiger partial charge in [0.2, 0.25) is 0 Å². The van der Waals surface area contributed by atoms with Crippen molar-refractivity contribution in [2.24, 2.45) is 0 Å². The first-order valence-electron chi connectivity index (χ1n) is 16.4. The van der Waals surface area contributed by atoms with Crippen LogP contribution in [0.1, 0.15) is 37.8 Å². The molecule has 0 spiro atoms. The molecule has 6 aromatic carbocycles. The van der Waals surface area contributed by atoms with Gasteiger partial charge in [0, 0.05) is 22.3 Å². The Morgan fingerprint density at radius 3 is 2.02 bits per heavy atom. The Kier molecular flexibility index (Phi) is 7.14. The molecule has 2 atom stereocenters. The summed E-state index contributed by atoms with van der Waals surface area (Å²) < 4.78 is 12.7. The van der Waals surface area contributed by atoms with Gasteiger partial charge in [0.25, 0.3) is 0 Å². The summed E-state index contributed by atoms with van der Waals surface area (Å²) in [7, 11) is 0. The fourth-order valence-corrected chi connectivity index (χ4v) is 7.49. The van der Waals surface area contributed by atoms with Crippen LogP contribution in [0.4, 0.5) is 0 Å². The molecule has 1 aliphatic heterocycles. The van der Waals surface area contributed by atoms with Gasteiger partial charge in [-0.25, -0.2) is 0 Å². The smallest absolute Gasteiger partial charge is 0.135 e. The van der Waals surface area contributed by atoms with Crippen molar-refractivity contribution in [2.45, 2.75) is 32.8 Å². The van der Waals surface area contributed by atoms with Gasteiger partial charge in [0.1, 0.15) is 23.0 Å². The largest absolute Gasteiger partial charge is 0.485 e. The Balaban J connectivity index is 1.19. The third-order valence-electron chi connectivity index (χ3n) is 9.72. The second kappa shape index (κ2) is 11.6. The van der Waals surface area contributed by atoms with Crippen LogP contribution >= 0.6 is 0 Å². The van der Waals surface area contributed by atoms with E-state index in [1.165, 1.54) is 49.0 Å². The Labute approximate surface area is 275 Å². The average Bonchev–Trinajstić information content (AvgIpc) is 3.66. The number of ether oxygens (including phenoxy) is 1. The van der Waals surface area contributed by atoms with E-state index >= 15 is 0 Å². The number of hydrogen-bond acceptors (Lipinski definition) is 2. The molecule has 1 aromatic heterocycles. The molecule has 2 heterocycles. The minimum absolute atomic E-state index is 0.110. The minimum atomic E-state index is -0.110. The number of para-hydroxylation sites is 1. The molecule has 0 bridgehead atoms. The van der Waals surface area contributed by atoms with Crippen molar-refractivity contribution in [2.75, 3.05) is 0 Å². The van der Waals surface area contributed by atoms with Gasteiger partial charge in [0.15, 0.2) is 0 Å². The lowest BCUT2D eigenvalue weighted by molar-refractivity contribution is 0.261. The van der Waals surface area contributed by atoms with Crippen LogP contribution in [0.15, 0.2) is 138 Å². The van der Waals surface area contributed by atoms with E-state index in [9.17, 15) is 0 Å². The predicted octanol–water partition coefficient (Wildman–Crippen LogP) is 10.8. The molecule has 0 aliphatic carbocycles. The third kappa shape index (κ3) is 4.72. The van der Waals surface area contributed by atoms with Crippen LogP contribution in [0.2, 0.25) is 0 Å². The Bertz CT molecular complexity index is 2480. The van der Waals surface area contributed by atoms with Crippen molar-refractivity contribution in [3.8, 4) is 28.0 Å². The lowest BCUT2D eigenvalue weighted by Crippen LogP contribution is -2.30. The zero-order valence-electron chi connectivity index (χ0n) is 27.0. The van der Waals surface area contributed by atoms with Crippen molar-refractivity contribution in [1.82, 2.24) is 0 Å². The van der Waals surface area contributed by atoms with Crippen molar-refractivity contribution in [3.05, 3.63) is 156 Å². The van der Waals surface area contributed by atoms with Crippen LogP contribution in [0.3, 0.4) is 0 Å². The second-order valence-electron chi connectivity index (χ2n) is 12.3. The normalized spacial score (nSPS) is 16.8. The van der Waals surface area contributed by atoms with E-state index in [0.29, 0.717) is 0 Å². The van der Waals surface area contributed by atoms with Gasteiger partial charge >= 0.3 is 0 Å². The van der Waals surface area contributed by atoms with E-state index in [1.54, 1.807) is 0 Å². The topological polar surface area (TPSA) is 22.4 Å². The van der Waals surface area contributed by atoms with Crippen LogP contribution in [-0.4, -0.2) is 6.10 Å². The molecule has 2 nitrogen and oxygen atoms in total. The van der Waals surface area contributed by atoms with Crippen molar-refractivity contribution >= 4 is 50.4 Å². The second-order valence-corrected chi connectivity index (χ2v) is 12.3. The summed E-state index contributed by atoms with van der Waals surface area (Å²) in [6, 6.07) is 40.5. The standard InChI is InChI=1S/C45H36O2/c1-5-33-34(6-2)44(32-23-21-31(22-24-32)30-14-8-7-9-15-30)36-17-11-10-16-35(36)42(33)28(3)20-25-38-29(4)43-40(46-38)26-27-41-45(43)37-18-12-13-19-39(37)47-41/h5-27,29,38H,3H2,1-2,4H3/b25-20-,33-5+,34-6+. The summed E-state index contributed by atoms with van der Waals surface area (Å²) in [5.41, 5.74) is 10.0. The van der Waals surface area contributed by atoms with E-state index in [0.717, 1.165) is 38.8 Å². The maximum Gasteiger partial charge on any atom is 0.135 e. The van der Waals surface area contributed by atoms with E-state index in [-0.39, 0.29) is 12.0 Å². The van der Waals surface area contributed by atoms with Gasteiger partial charge in [-0.1, -0.05) is 129 Å². The van der Waals surface area contributed by atoms with Crippen molar-refractivity contribution in [3.63, 3.8) is 0 Å². The fraction of sp³-hybridized carbons (Fsp3) is 0.111. The maximum atomic E-state index is 6.56. The molecule has 2 heteroatoms. The summed E-state index contributed by atoms with van der Waals surface area (Å²) in [6.07, 6.45) is 8.69. The molecule has 8 rings (SSSR count). The number of furan rings is 1. The summed E-state index contributed by atoms with van der Waals surface area (Å²) in [6.45, 7) is 11.1. The first-order valence-corrected chi connectivity index (χ1v) is 16.4. The summed E-state index contributed by atoms with van der Waals surface area (Å²) in [5, 5.41) is 7.11. The summed E-state index contributed by atoms with van der Waals surface area (Å²) >= 11 is 0. The highest BCUT2D eigenvalue weighted by Gasteiger charge is 2.32. The monoisotopic (exact) mass is 608 g/mol. The SMILES string of the molecule is C=C(/C=C\C1Oc2ccc3oc4ccccc4c3c2C1C)c1c(=C/C)/c(=C\C)c(-c2ccc(-c3ccccc3)cc2)c2ccccc12. The van der Waals surface area contributed by atoms with Crippen molar-refractivity contribution in [1.29, 1.82) is 0 Å². The number of fused-ring (bicyclic) bond motifs is 6. The number of hydrogen-bond donors (Lipinski definition) is 0. The lowest BCUT2D eigenvalue weighted by Gasteiger charge is -2.17. The molecule has 2 unspecified atom stereocenters. The number of benzene rings is 6. The summed E-state index contributed by atoms with van der Waals surface area (Å²) in [4.78, 5) is 0. The fourth-order valence-electron chi connectivity index (χ4n) is 7.49. The van der Waals surface area contributed by atoms with Gasteiger partial charge < -0.3 is 9.15 Å². The van der Waals surface area contributed by atoms with E-state index in [4.69, 9.17) is 9.15 Å². The Morgan fingerprint density at radius 1 is 0.638 bits per heavy atom. The van der Waals surface area contributed by atoms with Crippen LogP contribution < -0.4 is 15.2 Å². The molecule has 0 saturated carbocycles. The molecule has 0 N–H and O–H groups in total. The van der Waals surface area contributed by atoms with Crippen LogP contribution in [0.25, 0.3) is 72.7 Å². The average molecular weight is 609 g/mol. The van der Waals surface area contributed by atoms with Gasteiger partial charge in [-0.2, -0.15) is 0 Å². The maximum absolute atomic E-state index is 6.56. The van der Waals surface area contributed by atoms with E-state index < -0.39 is 0 Å². The van der Waals surface area contributed by atoms with Crippen LogP contribution in [0.5, 0.6) is 5.75 Å². The van der Waals surface area contributed by atoms with E-state index in [2.05, 4.69) is 143 Å². The first kappa shape index (κ1) is 28.8. The number of rotatable bonds is 5. The van der Waals surface area contributed by atoms with Gasteiger partial charge in [-0.3, -0.25) is 0 Å². The first-order chi connectivity index (χ1) is 23.1. The lowest BCUT2D eigenvalue weighted by atomic mass is 9.87. The van der Waals surface area contributed by atoms with Gasteiger partial charge in [-0.05, 0) is 92.7 Å². The zero-order valence-corrected chi connectivity index (χ0v) is 27.0.